The van der Waals surface area contributed by atoms with Crippen LogP contribution in [0.1, 0.15) is 29.6 Å². The van der Waals surface area contributed by atoms with E-state index in [0.717, 1.165) is 32.4 Å². The van der Waals surface area contributed by atoms with Gasteiger partial charge in [0.05, 0.1) is 10.6 Å². The Kier molecular flexibility index (Phi) is 6.92. The Morgan fingerprint density at radius 1 is 1.10 bits per heavy atom. The molecule has 0 bridgehead atoms. The molecule has 0 spiro atoms. The molecule has 1 N–H and O–H groups in total. The van der Waals surface area contributed by atoms with Gasteiger partial charge in [-0.3, -0.25) is 9.10 Å². The number of hydrogen-bond acceptors (Lipinski definition) is 4. The third-order valence-corrected chi connectivity index (χ3v) is 7.33. The largest absolute Gasteiger partial charge is 0.352 e. The first-order chi connectivity index (χ1) is 13.9. The number of rotatable bonds is 7. The fourth-order valence-corrected chi connectivity index (χ4v) is 4.82. The van der Waals surface area contributed by atoms with Gasteiger partial charge in [0.15, 0.2) is 0 Å². The molecule has 6 nitrogen and oxygen atoms in total. The average Bonchev–Trinajstić information content (AvgIpc) is 2.75. The minimum Gasteiger partial charge on any atom is -0.352 e. The van der Waals surface area contributed by atoms with Crippen LogP contribution in [0.25, 0.3) is 0 Å². The summed E-state index contributed by atoms with van der Waals surface area (Å²) in [5.41, 5.74) is 0.927. The summed E-state index contributed by atoms with van der Waals surface area (Å²) in [6.07, 6.45) is 3.27. The first-order valence-electron chi connectivity index (χ1n) is 9.98. The molecule has 0 atom stereocenters. The predicted molar refractivity (Wildman–Crippen MR) is 116 cm³/mol. The van der Waals surface area contributed by atoms with Crippen molar-refractivity contribution in [2.24, 2.45) is 5.92 Å². The Morgan fingerprint density at radius 3 is 2.48 bits per heavy atom. The third kappa shape index (κ3) is 5.36. The molecule has 0 aliphatic carbocycles. The number of carbonyl (C=O) groups excluding carboxylic acids is 1. The number of nitrogens with one attached hydrogen (secondary N) is 1. The van der Waals surface area contributed by atoms with E-state index in [1.807, 2.05) is 6.07 Å². The van der Waals surface area contributed by atoms with Crippen LogP contribution < -0.4 is 9.62 Å². The zero-order valence-corrected chi connectivity index (χ0v) is 17.9. The smallest absolute Gasteiger partial charge is 0.264 e. The minimum atomic E-state index is -3.74. The maximum atomic E-state index is 12.9. The zero-order valence-electron chi connectivity index (χ0n) is 17.0. The molecule has 0 aromatic heterocycles. The number of likely N-dealkylation sites (tertiary alicyclic amines) is 1. The molecule has 0 radical (unpaired) electrons. The molecule has 1 heterocycles. The Morgan fingerprint density at radius 2 is 1.79 bits per heavy atom. The van der Waals surface area contributed by atoms with Gasteiger partial charge in [0, 0.05) is 19.2 Å². The Balaban J connectivity index is 1.63. The van der Waals surface area contributed by atoms with Gasteiger partial charge >= 0.3 is 0 Å². The summed E-state index contributed by atoms with van der Waals surface area (Å²) < 4.78 is 27.1. The van der Waals surface area contributed by atoms with Crippen molar-refractivity contribution < 1.29 is 13.2 Å². The standard InChI is InChI=1S/C22H29N3O3S/c1-24-15-12-18(13-16-24)11-14-23-22(26)19-7-6-10-21(17-19)29(27,28)25(2)20-8-4-3-5-9-20/h3-10,17-18H,11-16H2,1-2H3,(H,23,26). The molecule has 1 amide bonds. The van der Waals surface area contributed by atoms with Crippen molar-refractivity contribution in [3.63, 3.8) is 0 Å². The van der Waals surface area contributed by atoms with Gasteiger partial charge in [-0.2, -0.15) is 0 Å². The van der Waals surface area contributed by atoms with Gasteiger partial charge in [-0.1, -0.05) is 24.3 Å². The van der Waals surface area contributed by atoms with Crippen molar-refractivity contribution in [1.29, 1.82) is 0 Å². The number of para-hydroxylation sites is 1. The van der Waals surface area contributed by atoms with E-state index in [0.29, 0.717) is 23.7 Å². The van der Waals surface area contributed by atoms with Crippen LogP contribution >= 0.6 is 0 Å². The molecular formula is C22H29N3O3S. The highest BCUT2D eigenvalue weighted by Gasteiger charge is 2.22. The van der Waals surface area contributed by atoms with Crippen LogP contribution in [-0.2, 0) is 10.0 Å². The van der Waals surface area contributed by atoms with Crippen LogP contribution in [0.4, 0.5) is 5.69 Å². The molecule has 1 saturated heterocycles. The molecule has 2 aromatic rings. The molecule has 29 heavy (non-hydrogen) atoms. The quantitative estimate of drug-likeness (QED) is 0.755. The highest BCUT2D eigenvalue weighted by molar-refractivity contribution is 7.92. The number of anilines is 1. The Labute approximate surface area is 173 Å². The van der Waals surface area contributed by atoms with E-state index in [-0.39, 0.29) is 10.8 Å². The van der Waals surface area contributed by atoms with Crippen molar-refractivity contribution in [2.75, 3.05) is 38.0 Å². The summed E-state index contributed by atoms with van der Waals surface area (Å²) in [4.78, 5) is 15.0. The van der Waals surface area contributed by atoms with E-state index in [4.69, 9.17) is 0 Å². The second kappa shape index (κ2) is 9.41. The molecule has 1 aliphatic heterocycles. The van der Waals surface area contributed by atoms with E-state index in [1.165, 1.54) is 23.5 Å². The Bertz CT molecular complexity index is 923. The number of hydrogen-bond donors (Lipinski definition) is 1. The molecule has 2 aromatic carbocycles. The van der Waals surface area contributed by atoms with Gasteiger partial charge in [-0.25, -0.2) is 8.42 Å². The summed E-state index contributed by atoms with van der Waals surface area (Å²) in [5, 5.41) is 2.94. The first kappa shape index (κ1) is 21.3. The van der Waals surface area contributed by atoms with Gasteiger partial charge in [-0.05, 0) is 75.6 Å². The van der Waals surface area contributed by atoms with Crippen molar-refractivity contribution >= 4 is 21.6 Å². The normalized spacial score (nSPS) is 15.8. The lowest BCUT2D eigenvalue weighted by Crippen LogP contribution is -2.32. The van der Waals surface area contributed by atoms with Gasteiger partial charge in [0.2, 0.25) is 0 Å². The molecule has 7 heteroatoms. The van der Waals surface area contributed by atoms with Crippen molar-refractivity contribution in [3.8, 4) is 0 Å². The van der Waals surface area contributed by atoms with E-state index < -0.39 is 10.0 Å². The first-order valence-corrected chi connectivity index (χ1v) is 11.4. The summed E-state index contributed by atoms with van der Waals surface area (Å²) in [6.45, 7) is 2.81. The van der Waals surface area contributed by atoms with Crippen molar-refractivity contribution in [1.82, 2.24) is 10.2 Å². The number of carbonyl (C=O) groups is 1. The lowest BCUT2D eigenvalue weighted by Gasteiger charge is -2.28. The van der Waals surface area contributed by atoms with Crippen LogP contribution in [0.5, 0.6) is 0 Å². The number of piperidine rings is 1. The van der Waals surface area contributed by atoms with Gasteiger partial charge in [0.1, 0.15) is 0 Å². The summed E-state index contributed by atoms with van der Waals surface area (Å²) >= 11 is 0. The molecule has 0 unspecified atom stereocenters. The summed E-state index contributed by atoms with van der Waals surface area (Å²) in [7, 11) is -0.0961. The number of sulfonamides is 1. The van der Waals surface area contributed by atoms with Crippen LogP contribution in [0.3, 0.4) is 0 Å². The Hall–Kier alpha value is -2.38. The molecule has 3 rings (SSSR count). The zero-order chi connectivity index (χ0) is 20.9. The minimum absolute atomic E-state index is 0.104. The number of nitrogens with zero attached hydrogens (tertiary/aromatic N) is 2. The summed E-state index contributed by atoms with van der Waals surface area (Å²) in [6, 6.07) is 15.1. The second-order valence-electron chi connectivity index (χ2n) is 7.63. The number of benzene rings is 2. The van der Waals surface area contributed by atoms with Crippen LogP contribution in [0.2, 0.25) is 0 Å². The molecular weight excluding hydrogens is 386 g/mol. The second-order valence-corrected chi connectivity index (χ2v) is 9.60. The number of amides is 1. The predicted octanol–water partition coefficient (Wildman–Crippen LogP) is 2.97. The van der Waals surface area contributed by atoms with Gasteiger partial charge in [-0.15, -0.1) is 0 Å². The van der Waals surface area contributed by atoms with Crippen LogP contribution in [-0.4, -0.2) is 53.0 Å². The van der Waals surface area contributed by atoms with Gasteiger partial charge in [0.25, 0.3) is 15.9 Å². The fourth-order valence-electron chi connectivity index (χ4n) is 3.58. The van der Waals surface area contributed by atoms with Crippen LogP contribution in [0, 0.1) is 5.92 Å². The molecule has 0 saturated carbocycles. The molecule has 1 aliphatic rings. The molecule has 1 fully saturated rings. The van der Waals surface area contributed by atoms with Crippen molar-refractivity contribution in [2.45, 2.75) is 24.2 Å². The fraction of sp³-hybridized carbons (Fsp3) is 0.409. The maximum absolute atomic E-state index is 12.9. The topological polar surface area (TPSA) is 69.7 Å². The average molecular weight is 416 g/mol. The monoisotopic (exact) mass is 415 g/mol. The van der Waals surface area contributed by atoms with Gasteiger partial charge < -0.3 is 10.2 Å². The van der Waals surface area contributed by atoms with E-state index in [1.54, 1.807) is 36.4 Å². The van der Waals surface area contributed by atoms with Crippen molar-refractivity contribution in [3.05, 3.63) is 60.2 Å². The maximum Gasteiger partial charge on any atom is 0.264 e. The van der Waals surface area contributed by atoms with E-state index in [2.05, 4.69) is 17.3 Å². The lowest BCUT2D eigenvalue weighted by molar-refractivity contribution is 0.0948. The SMILES string of the molecule is CN1CCC(CCNC(=O)c2cccc(S(=O)(=O)N(C)c3ccccc3)c2)CC1. The van der Waals surface area contributed by atoms with Crippen LogP contribution in [0.15, 0.2) is 59.5 Å². The summed E-state index contributed by atoms with van der Waals surface area (Å²) in [5.74, 6) is 0.398. The van der Waals surface area contributed by atoms with E-state index in [9.17, 15) is 13.2 Å². The highest BCUT2D eigenvalue weighted by atomic mass is 32.2. The third-order valence-electron chi connectivity index (χ3n) is 5.55. The lowest BCUT2D eigenvalue weighted by atomic mass is 9.94. The van der Waals surface area contributed by atoms with E-state index >= 15 is 0 Å². The highest BCUT2D eigenvalue weighted by Crippen LogP contribution is 2.22. The molecule has 156 valence electrons.